The highest BCUT2D eigenvalue weighted by Crippen LogP contribution is 2.13. The molecule has 0 aliphatic carbocycles. The third-order valence-electron chi connectivity index (χ3n) is 2.01. The van der Waals surface area contributed by atoms with Crippen LogP contribution in [-0.2, 0) is 0 Å². The van der Waals surface area contributed by atoms with Crippen molar-refractivity contribution in [2.24, 2.45) is 0 Å². The van der Waals surface area contributed by atoms with Gasteiger partial charge in [0.1, 0.15) is 0 Å². The molecule has 0 saturated carbocycles. The van der Waals surface area contributed by atoms with Gasteiger partial charge in [-0.25, -0.2) is 0 Å². The summed E-state index contributed by atoms with van der Waals surface area (Å²) in [6.45, 7) is 6.15. The lowest BCUT2D eigenvalue weighted by Crippen LogP contribution is -2.18. The molecule has 0 radical (unpaired) electrons. The van der Waals surface area contributed by atoms with E-state index in [-0.39, 0.29) is 5.78 Å². The van der Waals surface area contributed by atoms with Crippen LogP contribution >= 0.6 is 0 Å². The quantitative estimate of drug-likeness (QED) is 0.735. The van der Waals surface area contributed by atoms with Crippen molar-refractivity contribution in [3.05, 3.63) is 42.0 Å². The van der Waals surface area contributed by atoms with Gasteiger partial charge in [0.25, 0.3) is 0 Å². The van der Waals surface area contributed by atoms with E-state index in [1.165, 1.54) is 0 Å². The number of hydrogen-bond donors (Lipinski definition) is 1. The zero-order chi connectivity index (χ0) is 10.6. The van der Waals surface area contributed by atoms with E-state index in [1.807, 2.05) is 31.2 Å². The molecule has 1 N–H and O–H groups in total. The van der Waals surface area contributed by atoms with E-state index in [2.05, 4.69) is 11.9 Å². The topological polar surface area (TPSA) is 29.1 Å². The smallest absolute Gasteiger partial charge is 0.176 e. The molecule has 0 aliphatic heterocycles. The Morgan fingerprint density at radius 3 is 2.64 bits per heavy atom. The van der Waals surface area contributed by atoms with Gasteiger partial charge in [-0.05, 0) is 25.6 Å². The van der Waals surface area contributed by atoms with Gasteiger partial charge in [-0.1, -0.05) is 30.4 Å². The fourth-order valence-electron chi connectivity index (χ4n) is 1.22. The standard InChI is InChI=1S/C12H15NO/c1-9(2)10-5-4-6-11(7-10)12(14)8-13-3/h4-7,13H,1,8H2,2-3H3. The lowest BCUT2D eigenvalue weighted by Gasteiger charge is -2.03. The number of rotatable bonds is 4. The predicted molar refractivity (Wildman–Crippen MR) is 59.4 cm³/mol. The molecular formula is C12H15NO. The van der Waals surface area contributed by atoms with Crippen molar-refractivity contribution in [1.82, 2.24) is 5.32 Å². The highest BCUT2D eigenvalue weighted by Gasteiger charge is 2.04. The molecule has 2 heteroatoms. The number of Topliss-reactive ketones (excluding diaryl/α,β-unsaturated/α-hetero) is 1. The van der Waals surface area contributed by atoms with Gasteiger partial charge in [-0.2, -0.15) is 0 Å². The van der Waals surface area contributed by atoms with Crippen LogP contribution in [0, 0.1) is 0 Å². The Labute approximate surface area is 84.6 Å². The lowest BCUT2D eigenvalue weighted by atomic mass is 10.0. The van der Waals surface area contributed by atoms with Crippen molar-refractivity contribution >= 4 is 11.4 Å². The summed E-state index contributed by atoms with van der Waals surface area (Å²) in [5, 5.41) is 2.84. The number of likely N-dealkylation sites (N-methyl/N-ethyl adjacent to an activating group) is 1. The molecule has 0 spiro atoms. The molecule has 74 valence electrons. The van der Waals surface area contributed by atoms with Gasteiger partial charge in [0.05, 0.1) is 6.54 Å². The minimum atomic E-state index is 0.107. The monoisotopic (exact) mass is 189 g/mol. The minimum absolute atomic E-state index is 0.107. The predicted octanol–water partition coefficient (Wildman–Crippen LogP) is 2.12. The van der Waals surface area contributed by atoms with Crippen LogP contribution in [-0.4, -0.2) is 19.4 Å². The molecule has 0 aromatic heterocycles. The Hall–Kier alpha value is -1.41. The Bertz CT molecular complexity index is 355. The molecule has 0 aliphatic rings. The van der Waals surface area contributed by atoms with Crippen LogP contribution in [0.2, 0.25) is 0 Å². The third kappa shape index (κ3) is 2.54. The van der Waals surface area contributed by atoms with Gasteiger partial charge in [0, 0.05) is 5.56 Å². The molecule has 0 heterocycles. The average Bonchev–Trinajstić information content (AvgIpc) is 2.18. The van der Waals surface area contributed by atoms with Crippen molar-refractivity contribution in [3.8, 4) is 0 Å². The van der Waals surface area contributed by atoms with E-state index in [0.29, 0.717) is 6.54 Å². The molecule has 0 fully saturated rings. The molecule has 0 unspecified atom stereocenters. The van der Waals surface area contributed by atoms with E-state index in [1.54, 1.807) is 7.05 Å². The molecule has 0 amide bonds. The Kier molecular flexibility index (Phi) is 3.60. The highest BCUT2D eigenvalue weighted by atomic mass is 16.1. The van der Waals surface area contributed by atoms with E-state index in [9.17, 15) is 4.79 Å². The lowest BCUT2D eigenvalue weighted by molar-refractivity contribution is 0.0993. The maximum atomic E-state index is 11.5. The van der Waals surface area contributed by atoms with Crippen LogP contribution in [0.3, 0.4) is 0 Å². The van der Waals surface area contributed by atoms with Crippen LogP contribution in [0.15, 0.2) is 30.8 Å². The first-order chi connectivity index (χ1) is 6.65. The van der Waals surface area contributed by atoms with Crippen LogP contribution in [0.1, 0.15) is 22.8 Å². The van der Waals surface area contributed by atoms with Crippen molar-refractivity contribution in [1.29, 1.82) is 0 Å². The summed E-state index contributed by atoms with van der Waals surface area (Å²) < 4.78 is 0. The van der Waals surface area contributed by atoms with Crippen LogP contribution in [0.5, 0.6) is 0 Å². The first kappa shape index (κ1) is 10.7. The number of ketones is 1. The zero-order valence-corrected chi connectivity index (χ0v) is 8.63. The van der Waals surface area contributed by atoms with Gasteiger partial charge in [-0.15, -0.1) is 0 Å². The summed E-state index contributed by atoms with van der Waals surface area (Å²) in [6.07, 6.45) is 0. The summed E-state index contributed by atoms with van der Waals surface area (Å²) in [5.41, 5.74) is 2.73. The maximum absolute atomic E-state index is 11.5. The first-order valence-corrected chi connectivity index (χ1v) is 4.59. The normalized spacial score (nSPS) is 9.86. The van der Waals surface area contributed by atoms with Crippen molar-refractivity contribution < 1.29 is 4.79 Å². The number of carbonyl (C=O) groups excluding carboxylic acids is 1. The van der Waals surface area contributed by atoms with Crippen molar-refractivity contribution in [2.75, 3.05) is 13.6 Å². The highest BCUT2D eigenvalue weighted by molar-refractivity contribution is 5.98. The molecule has 0 saturated heterocycles. The number of carbonyl (C=O) groups is 1. The molecule has 1 aromatic rings. The van der Waals surface area contributed by atoms with Gasteiger partial charge < -0.3 is 5.32 Å². The second-order valence-corrected chi connectivity index (χ2v) is 3.31. The number of benzene rings is 1. The molecule has 14 heavy (non-hydrogen) atoms. The summed E-state index contributed by atoms with van der Waals surface area (Å²) >= 11 is 0. The van der Waals surface area contributed by atoms with Crippen LogP contribution in [0.25, 0.3) is 5.57 Å². The zero-order valence-electron chi connectivity index (χ0n) is 8.63. The van der Waals surface area contributed by atoms with E-state index >= 15 is 0 Å². The second-order valence-electron chi connectivity index (χ2n) is 3.31. The largest absolute Gasteiger partial charge is 0.313 e. The van der Waals surface area contributed by atoms with Crippen LogP contribution in [0.4, 0.5) is 0 Å². The molecule has 1 aromatic carbocycles. The van der Waals surface area contributed by atoms with Crippen molar-refractivity contribution in [2.45, 2.75) is 6.92 Å². The first-order valence-electron chi connectivity index (χ1n) is 4.59. The number of allylic oxidation sites excluding steroid dienone is 1. The molecule has 0 bridgehead atoms. The number of nitrogens with one attached hydrogen (secondary N) is 1. The van der Waals surface area contributed by atoms with Crippen LogP contribution < -0.4 is 5.32 Å². The summed E-state index contributed by atoms with van der Waals surface area (Å²) in [5.74, 6) is 0.107. The van der Waals surface area contributed by atoms with Gasteiger partial charge in [-0.3, -0.25) is 4.79 Å². The molecular weight excluding hydrogens is 174 g/mol. The summed E-state index contributed by atoms with van der Waals surface area (Å²) in [6, 6.07) is 7.54. The Morgan fingerprint density at radius 2 is 2.07 bits per heavy atom. The van der Waals surface area contributed by atoms with Gasteiger partial charge in [0.15, 0.2) is 5.78 Å². The number of hydrogen-bond acceptors (Lipinski definition) is 2. The van der Waals surface area contributed by atoms with Gasteiger partial charge in [0.2, 0.25) is 0 Å². The maximum Gasteiger partial charge on any atom is 0.176 e. The van der Waals surface area contributed by atoms with E-state index < -0.39 is 0 Å². The Balaban J connectivity index is 2.93. The van der Waals surface area contributed by atoms with Gasteiger partial charge >= 0.3 is 0 Å². The summed E-state index contributed by atoms with van der Waals surface area (Å²) in [7, 11) is 1.76. The van der Waals surface area contributed by atoms with E-state index in [0.717, 1.165) is 16.7 Å². The second kappa shape index (κ2) is 4.72. The van der Waals surface area contributed by atoms with Crippen molar-refractivity contribution in [3.63, 3.8) is 0 Å². The fourth-order valence-corrected chi connectivity index (χ4v) is 1.22. The summed E-state index contributed by atoms with van der Waals surface area (Å²) in [4.78, 5) is 11.5. The average molecular weight is 189 g/mol. The Morgan fingerprint density at radius 1 is 1.43 bits per heavy atom. The molecule has 2 nitrogen and oxygen atoms in total. The minimum Gasteiger partial charge on any atom is -0.313 e. The fraction of sp³-hybridized carbons (Fsp3) is 0.250. The van der Waals surface area contributed by atoms with E-state index in [4.69, 9.17) is 0 Å². The third-order valence-corrected chi connectivity index (χ3v) is 2.01. The molecule has 0 atom stereocenters. The molecule has 1 rings (SSSR count). The SMILES string of the molecule is C=C(C)c1cccc(C(=O)CNC)c1.